The molecule has 1 aliphatic heterocycles. The van der Waals surface area contributed by atoms with Gasteiger partial charge in [-0.15, -0.1) is 0 Å². The quantitative estimate of drug-likeness (QED) is 0.319. The summed E-state index contributed by atoms with van der Waals surface area (Å²) in [6.45, 7) is 0.238. The van der Waals surface area contributed by atoms with Crippen molar-refractivity contribution in [2.24, 2.45) is 7.05 Å². The van der Waals surface area contributed by atoms with Crippen molar-refractivity contribution >= 4 is 49.9 Å². The Kier molecular flexibility index (Phi) is 7.22. The minimum absolute atomic E-state index is 0.0381. The maximum Gasteiger partial charge on any atom is 0.323 e. The van der Waals surface area contributed by atoms with Crippen molar-refractivity contribution < 1.29 is 22.7 Å². The van der Waals surface area contributed by atoms with Gasteiger partial charge >= 0.3 is 6.03 Å². The standard InChI is InChI=1S/C27H28N6O5S/c1-32-25-16-21(9-8-18(25)17-28-32)31-27(35)30-19-10-12-23(13-11-19)39(36,37)33-14-4-7-24(33)26(34)29-20-5-3-6-22(15-20)38-2/h3,5-6,8-13,15-17,24H,4,7,14H2,1-2H3,(H,29,34)(H2,30,31,35)/t24-/m0/s1. The fourth-order valence-corrected chi connectivity index (χ4v) is 6.23. The van der Waals surface area contributed by atoms with Gasteiger partial charge in [-0.1, -0.05) is 6.07 Å². The van der Waals surface area contributed by atoms with E-state index in [-0.39, 0.29) is 11.4 Å². The van der Waals surface area contributed by atoms with Crippen LogP contribution in [0.3, 0.4) is 0 Å². The van der Waals surface area contributed by atoms with E-state index >= 15 is 0 Å². The molecule has 202 valence electrons. The van der Waals surface area contributed by atoms with Crippen LogP contribution in [0.4, 0.5) is 21.9 Å². The smallest absolute Gasteiger partial charge is 0.323 e. The van der Waals surface area contributed by atoms with E-state index in [0.717, 1.165) is 10.9 Å². The summed E-state index contributed by atoms with van der Waals surface area (Å²) in [7, 11) is -0.591. The first kappa shape index (κ1) is 26.2. The van der Waals surface area contributed by atoms with Crippen LogP contribution in [0.5, 0.6) is 5.75 Å². The summed E-state index contributed by atoms with van der Waals surface area (Å²) >= 11 is 0. The van der Waals surface area contributed by atoms with Crippen LogP contribution in [0.1, 0.15) is 12.8 Å². The van der Waals surface area contributed by atoms with Crippen LogP contribution in [0, 0.1) is 0 Å². The molecule has 0 aliphatic carbocycles. The van der Waals surface area contributed by atoms with E-state index in [1.165, 1.54) is 35.7 Å². The number of anilines is 3. The lowest BCUT2D eigenvalue weighted by atomic mass is 10.2. The van der Waals surface area contributed by atoms with Gasteiger partial charge in [0, 0.05) is 42.1 Å². The fourth-order valence-electron chi connectivity index (χ4n) is 4.58. The number of nitrogens with zero attached hydrogens (tertiary/aromatic N) is 3. The van der Waals surface area contributed by atoms with Gasteiger partial charge in [0.2, 0.25) is 15.9 Å². The van der Waals surface area contributed by atoms with Crippen LogP contribution in [0.2, 0.25) is 0 Å². The number of urea groups is 1. The Hall–Kier alpha value is -4.42. The Balaban J connectivity index is 1.24. The van der Waals surface area contributed by atoms with Crippen molar-refractivity contribution in [1.82, 2.24) is 14.1 Å². The van der Waals surface area contributed by atoms with Crippen LogP contribution in [-0.4, -0.2) is 54.1 Å². The number of hydrogen-bond acceptors (Lipinski definition) is 6. The molecule has 3 amide bonds. The van der Waals surface area contributed by atoms with E-state index in [4.69, 9.17) is 4.74 Å². The van der Waals surface area contributed by atoms with Crippen molar-refractivity contribution in [2.45, 2.75) is 23.8 Å². The molecule has 3 N–H and O–H groups in total. The number of hydrogen-bond donors (Lipinski definition) is 3. The van der Waals surface area contributed by atoms with E-state index in [9.17, 15) is 18.0 Å². The number of rotatable bonds is 7. The van der Waals surface area contributed by atoms with Gasteiger partial charge in [0.1, 0.15) is 11.8 Å². The molecule has 39 heavy (non-hydrogen) atoms. The second-order valence-electron chi connectivity index (χ2n) is 9.14. The van der Waals surface area contributed by atoms with Crippen LogP contribution in [0.15, 0.2) is 77.8 Å². The number of aryl methyl sites for hydroxylation is 1. The highest BCUT2D eigenvalue weighted by molar-refractivity contribution is 7.89. The molecule has 1 aromatic heterocycles. The second kappa shape index (κ2) is 10.8. The van der Waals surface area contributed by atoms with Crippen molar-refractivity contribution in [3.05, 3.63) is 72.9 Å². The van der Waals surface area contributed by atoms with Crippen molar-refractivity contribution in [2.75, 3.05) is 29.6 Å². The summed E-state index contributed by atoms with van der Waals surface area (Å²) in [6.07, 6.45) is 2.73. The molecule has 0 saturated carbocycles. The highest BCUT2D eigenvalue weighted by atomic mass is 32.2. The fraction of sp³-hybridized carbons (Fsp3) is 0.222. The van der Waals surface area contributed by atoms with Gasteiger partial charge in [-0.3, -0.25) is 9.48 Å². The number of fused-ring (bicyclic) bond motifs is 1. The van der Waals surface area contributed by atoms with E-state index in [1.54, 1.807) is 41.2 Å². The SMILES string of the molecule is COc1cccc(NC(=O)[C@@H]2CCCN2S(=O)(=O)c2ccc(NC(=O)Nc3ccc4cnn(C)c4c3)cc2)c1. The zero-order valence-electron chi connectivity index (χ0n) is 21.4. The van der Waals surface area contributed by atoms with E-state index < -0.39 is 28.0 Å². The summed E-state index contributed by atoms with van der Waals surface area (Å²) in [4.78, 5) is 25.5. The molecule has 5 rings (SSSR count). The van der Waals surface area contributed by atoms with Gasteiger partial charge < -0.3 is 20.7 Å². The first-order valence-corrected chi connectivity index (χ1v) is 13.8. The van der Waals surface area contributed by atoms with Gasteiger partial charge in [0.05, 0.1) is 23.7 Å². The van der Waals surface area contributed by atoms with E-state index in [1.807, 2.05) is 19.2 Å². The number of carbonyl (C=O) groups is 2. The predicted molar refractivity (Wildman–Crippen MR) is 148 cm³/mol. The van der Waals surface area contributed by atoms with E-state index in [0.29, 0.717) is 35.7 Å². The molecular weight excluding hydrogens is 520 g/mol. The molecule has 4 aromatic rings. The Bertz CT molecular complexity index is 1630. The lowest BCUT2D eigenvalue weighted by Gasteiger charge is -2.23. The second-order valence-corrected chi connectivity index (χ2v) is 11.0. The van der Waals surface area contributed by atoms with Crippen LogP contribution in [-0.2, 0) is 21.9 Å². The van der Waals surface area contributed by atoms with Gasteiger partial charge in [0.25, 0.3) is 0 Å². The normalized spacial score (nSPS) is 15.7. The minimum Gasteiger partial charge on any atom is -0.497 e. The van der Waals surface area contributed by atoms with Crippen LogP contribution < -0.4 is 20.7 Å². The number of carbonyl (C=O) groups excluding carboxylic acids is 2. The Morgan fingerprint density at radius 1 is 0.949 bits per heavy atom. The average Bonchev–Trinajstić information content (AvgIpc) is 3.57. The molecule has 11 nitrogen and oxygen atoms in total. The maximum atomic E-state index is 13.4. The minimum atomic E-state index is -3.94. The zero-order valence-corrected chi connectivity index (χ0v) is 22.2. The molecule has 0 spiro atoms. The highest BCUT2D eigenvalue weighted by Crippen LogP contribution is 2.28. The summed E-state index contributed by atoms with van der Waals surface area (Å²) in [5.41, 5.74) is 2.41. The zero-order chi connectivity index (χ0) is 27.6. The molecule has 1 aliphatic rings. The van der Waals surface area contributed by atoms with Crippen LogP contribution in [0.25, 0.3) is 10.9 Å². The Morgan fingerprint density at radius 2 is 1.67 bits per heavy atom. The number of aromatic nitrogens is 2. The summed E-state index contributed by atoms with van der Waals surface area (Å²) in [5, 5.41) is 13.4. The van der Waals surface area contributed by atoms with E-state index in [2.05, 4.69) is 21.0 Å². The van der Waals surface area contributed by atoms with Gasteiger partial charge in [-0.2, -0.15) is 9.40 Å². The van der Waals surface area contributed by atoms with Crippen LogP contribution >= 0.6 is 0 Å². The number of amides is 3. The van der Waals surface area contributed by atoms with Crippen molar-refractivity contribution in [3.63, 3.8) is 0 Å². The van der Waals surface area contributed by atoms with Gasteiger partial charge in [-0.25, -0.2) is 13.2 Å². The number of ether oxygens (including phenoxy) is 1. The number of benzene rings is 3. The number of methoxy groups -OCH3 is 1. The molecule has 0 bridgehead atoms. The number of sulfonamides is 1. The molecule has 1 saturated heterocycles. The first-order chi connectivity index (χ1) is 18.7. The maximum absolute atomic E-state index is 13.4. The molecule has 0 radical (unpaired) electrons. The van der Waals surface area contributed by atoms with Crippen molar-refractivity contribution in [1.29, 1.82) is 0 Å². The first-order valence-electron chi connectivity index (χ1n) is 12.3. The molecule has 12 heteroatoms. The lowest BCUT2D eigenvalue weighted by Crippen LogP contribution is -2.43. The Morgan fingerprint density at radius 3 is 2.44 bits per heavy atom. The summed E-state index contributed by atoms with van der Waals surface area (Å²) in [5.74, 6) is 0.184. The van der Waals surface area contributed by atoms with Gasteiger partial charge in [-0.05, 0) is 67.4 Å². The third-order valence-corrected chi connectivity index (χ3v) is 8.49. The predicted octanol–water partition coefficient (Wildman–Crippen LogP) is 4.02. The molecule has 1 fully saturated rings. The Labute approximate surface area is 225 Å². The summed E-state index contributed by atoms with van der Waals surface area (Å²) in [6, 6.07) is 16.9. The molecule has 3 aromatic carbocycles. The third-order valence-electron chi connectivity index (χ3n) is 6.57. The molecular formula is C27H28N6O5S. The monoisotopic (exact) mass is 548 g/mol. The summed E-state index contributed by atoms with van der Waals surface area (Å²) < 4.78 is 34.9. The van der Waals surface area contributed by atoms with Crippen molar-refractivity contribution in [3.8, 4) is 5.75 Å². The third kappa shape index (κ3) is 5.56. The number of nitrogens with one attached hydrogen (secondary N) is 3. The molecule has 1 atom stereocenters. The largest absolute Gasteiger partial charge is 0.497 e. The molecule has 0 unspecified atom stereocenters. The highest BCUT2D eigenvalue weighted by Gasteiger charge is 2.39. The molecule has 2 heterocycles. The lowest BCUT2D eigenvalue weighted by molar-refractivity contribution is -0.119. The topological polar surface area (TPSA) is 135 Å². The average molecular weight is 549 g/mol. The van der Waals surface area contributed by atoms with Gasteiger partial charge in [0.15, 0.2) is 0 Å².